The maximum atomic E-state index is 13.0. The van der Waals surface area contributed by atoms with Gasteiger partial charge in [-0.15, -0.1) is 0 Å². The third-order valence-corrected chi connectivity index (χ3v) is 2.84. The average Bonchev–Trinajstić information content (AvgIpc) is 2.38. The summed E-state index contributed by atoms with van der Waals surface area (Å²) in [4.78, 5) is 3.70. The van der Waals surface area contributed by atoms with Crippen molar-refractivity contribution in [2.24, 2.45) is 0 Å². The van der Waals surface area contributed by atoms with Crippen molar-refractivity contribution in [1.82, 2.24) is 4.98 Å². The molecule has 0 amide bonds. The van der Waals surface area contributed by atoms with Crippen LogP contribution in [-0.2, 0) is 0 Å². The Kier molecular flexibility index (Phi) is 3.79. The molecule has 0 spiro atoms. The van der Waals surface area contributed by atoms with Gasteiger partial charge in [-0.2, -0.15) is 0 Å². The molecule has 18 heavy (non-hydrogen) atoms. The van der Waals surface area contributed by atoms with E-state index in [1.807, 2.05) is 0 Å². The maximum absolute atomic E-state index is 13.0. The molecule has 1 aromatic carbocycles. The highest BCUT2D eigenvalue weighted by Gasteiger charge is 2.13. The van der Waals surface area contributed by atoms with Crippen LogP contribution in [0.5, 0.6) is 5.75 Å². The Bertz CT molecular complexity index is 562. The van der Waals surface area contributed by atoms with Crippen molar-refractivity contribution in [3.63, 3.8) is 0 Å². The first-order valence-electron chi connectivity index (χ1n) is 5.24. The number of pyridine rings is 1. The summed E-state index contributed by atoms with van der Waals surface area (Å²) in [5.41, 5.74) is 0.933. The maximum Gasteiger partial charge on any atom is 0.141 e. The number of methoxy groups -OCH3 is 1. The van der Waals surface area contributed by atoms with E-state index in [9.17, 15) is 9.50 Å². The second-order valence-electron chi connectivity index (χ2n) is 3.73. The number of aliphatic hydroxyl groups is 1. The molecule has 2 rings (SSSR count). The number of nitrogens with zero attached hydrogens (tertiary/aromatic N) is 1. The van der Waals surface area contributed by atoms with Crippen molar-refractivity contribution in [2.45, 2.75) is 6.10 Å². The molecule has 0 fully saturated rings. The number of ether oxygens (including phenoxy) is 1. The first-order valence-corrected chi connectivity index (χ1v) is 5.61. The van der Waals surface area contributed by atoms with E-state index in [0.717, 1.165) is 6.20 Å². The highest BCUT2D eigenvalue weighted by molar-refractivity contribution is 6.32. The van der Waals surface area contributed by atoms with E-state index in [0.29, 0.717) is 21.9 Å². The molecular formula is C13H11ClFNO2. The van der Waals surface area contributed by atoms with Gasteiger partial charge in [-0.05, 0) is 23.8 Å². The summed E-state index contributed by atoms with van der Waals surface area (Å²) >= 11 is 5.89. The van der Waals surface area contributed by atoms with Crippen LogP contribution in [0.2, 0.25) is 5.02 Å². The van der Waals surface area contributed by atoms with Gasteiger partial charge in [0.25, 0.3) is 0 Å². The minimum absolute atomic E-state index is 0.374. The van der Waals surface area contributed by atoms with Crippen molar-refractivity contribution in [3.8, 4) is 5.75 Å². The van der Waals surface area contributed by atoms with Crippen LogP contribution < -0.4 is 4.74 Å². The van der Waals surface area contributed by atoms with Crippen molar-refractivity contribution in [3.05, 3.63) is 58.6 Å². The molecule has 0 bridgehead atoms. The summed E-state index contributed by atoms with van der Waals surface area (Å²) < 4.78 is 18.1. The Labute approximate surface area is 109 Å². The zero-order valence-corrected chi connectivity index (χ0v) is 10.4. The fourth-order valence-electron chi connectivity index (χ4n) is 1.62. The molecular weight excluding hydrogens is 257 g/mol. The van der Waals surface area contributed by atoms with Gasteiger partial charge in [-0.25, -0.2) is 4.39 Å². The van der Waals surface area contributed by atoms with Crippen LogP contribution in [0.15, 0.2) is 36.7 Å². The number of rotatable bonds is 3. The minimum Gasteiger partial charge on any atom is -0.495 e. The Morgan fingerprint density at radius 1 is 1.28 bits per heavy atom. The Balaban J connectivity index is 2.36. The lowest BCUT2D eigenvalue weighted by molar-refractivity contribution is 0.219. The van der Waals surface area contributed by atoms with E-state index >= 15 is 0 Å². The summed E-state index contributed by atoms with van der Waals surface area (Å²) in [6.07, 6.45) is 1.52. The zero-order valence-electron chi connectivity index (χ0n) is 9.60. The van der Waals surface area contributed by atoms with Crippen molar-refractivity contribution in [1.29, 1.82) is 0 Å². The van der Waals surface area contributed by atoms with Gasteiger partial charge < -0.3 is 9.84 Å². The number of hydrogen-bond acceptors (Lipinski definition) is 3. The molecule has 1 atom stereocenters. The molecule has 0 aliphatic rings. The zero-order chi connectivity index (χ0) is 13.1. The van der Waals surface area contributed by atoms with Crippen LogP contribution in [-0.4, -0.2) is 17.2 Å². The number of halogens is 2. The van der Waals surface area contributed by atoms with Crippen LogP contribution in [0.4, 0.5) is 4.39 Å². The molecule has 0 saturated carbocycles. The smallest absolute Gasteiger partial charge is 0.141 e. The monoisotopic (exact) mass is 267 g/mol. The number of aliphatic hydroxyl groups excluding tert-OH is 1. The highest BCUT2D eigenvalue weighted by Crippen LogP contribution is 2.30. The third-order valence-electron chi connectivity index (χ3n) is 2.53. The molecule has 0 saturated heterocycles. The van der Waals surface area contributed by atoms with Gasteiger partial charge in [0, 0.05) is 11.8 Å². The largest absolute Gasteiger partial charge is 0.495 e. The van der Waals surface area contributed by atoms with Crippen LogP contribution in [0.3, 0.4) is 0 Å². The van der Waals surface area contributed by atoms with Gasteiger partial charge >= 0.3 is 0 Å². The predicted octanol–water partition coefficient (Wildman–Crippen LogP) is 2.96. The quantitative estimate of drug-likeness (QED) is 0.930. The first-order chi connectivity index (χ1) is 8.61. The number of aromatic nitrogens is 1. The summed E-state index contributed by atoms with van der Waals surface area (Å²) in [7, 11) is 1.49. The van der Waals surface area contributed by atoms with E-state index in [1.54, 1.807) is 18.2 Å². The van der Waals surface area contributed by atoms with E-state index in [-0.39, 0.29) is 0 Å². The minimum atomic E-state index is -0.973. The SMILES string of the molecule is COc1cc(C(O)c2cncc(F)c2)ccc1Cl. The van der Waals surface area contributed by atoms with Gasteiger partial charge in [0.1, 0.15) is 17.7 Å². The summed E-state index contributed by atoms with van der Waals surface area (Å²) in [5, 5.41) is 10.6. The van der Waals surface area contributed by atoms with Crippen molar-refractivity contribution >= 4 is 11.6 Å². The second-order valence-corrected chi connectivity index (χ2v) is 4.14. The van der Waals surface area contributed by atoms with Crippen molar-refractivity contribution < 1.29 is 14.2 Å². The molecule has 0 radical (unpaired) electrons. The highest BCUT2D eigenvalue weighted by atomic mass is 35.5. The van der Waals surface area contributed by atoms with Crippen LogP contribution in [0.25, 0.3) is 0 Å². The van der Waals surface area contributed by atoms with Crippen LogP contribution >= 0.6 is 11.6 Å². The molecule has 2 aromatic rings. The summed E-state index contributed by atoms with van der Waals surface area (Å²) in [6, 6.07) is 6.11. The Hall–Kier alpha value is -1.65. The van der Waals surface area contributed by atoms with E-state index in [4.69, 9.17) is 16.3 Å². The van der Waals surface area contributed by atoms with Gasteiger partial charge in [-0.1, -0.05) is 17.7 Å². The standard InChI is InChI=1S/C13H11ClFNO2/c1-18-12-5-8(2-3-11(12)14)13(17)9-4-10(15)7-16-6-9/h2-7,13,17H,1H3. The molecule has 0 aliphatic carbocycles. The lowest BCUT2D eigenvalue weighted by Gasteiger charge is -2.13. The molecule has 3 nitrogen and oxygen atoms in total. The summed E-state index contributed by atoms with van der Waals surface area (Å²) in [5.74, 6) is -0.0370. The fraction of sp³-hybridized carbons (Fsp3) is 0.154. The average molecular weight is 268 g/mol. The predicted molar refractivity (Wildman–Crippen MR) is 66.3 cm³/mol. The summed E-state index contributed by atoms with van der Waals surface area (Å²) in [6.45, 7) is 0. The molecule has 1 heterocycles. The van der Waals surface area contributed by atoms with Gasteiger partial charge in [0.2, 0.25) is 0 Å². The van der Waals surface area contributed by atoms with E-state index in [2.05, 4.69) is 4.98 Å². The molecule has 1 aromatic heterocycles. The molecule has 94 valence electrons. The number of benzene rings is 1. The Morgan fingerprint density at radius 3 is 2.72 bits per heavy atom. The lowest BCUT2D eigenvalue weighted by Crippen LogP contribution is -2.01. The van der Waals surface area contributed by atoms with Crippen molar-refractivity contribution in [2.75, 3.05) is 7.11 Å². The van der Waals surface area contributed by atoms with Crippen LogP contribution in [0.1, 0.15) is 17.2 Å². The fourth-order valence-corrected chi connectivity index (χ4v) is 1.81. The lowest BCUT2D eigenvalue weighted by atomic mass is 10.0. The first kappa shape index (κ1) is 12.8. The molecule has 5 heteroatoms. The molecule has 0 aliphatic heterocycles. The van der Waals surface area contributed by atoms with Gasteiger partial charge in [0.15, 0.2) is 0 Å². The Morgan fingerprint density at radius 2 is 2.06 bits per heavy atom. The van der Waals surface area contributed by atoms with E-state index < -0.39 is 11.9 Å². The van der Waals surface area contributed by atoms with E-state index in [1.165, 1.54) is 19.4 Å². The molecule has 1 N–H and O–H groups in total. The topological polar surface area (TPSA) is 42.4 Å². The third kappa shape index (κ3) is 2.60. The van der Waals surface area contributed by atoms with Crippen LogP contribution in [0, 0.1) is 5.82 Å². The van der Waals surface area contributed by atoms with Gasteiger partial charge in [0.05, 0.1) is 18.3 Å². The number of hydrogen-bond donors (Lipinski definition) is 1. The normalized spacial score (nSPS) is 12.2. The second kappa shape index (κ2) is 5.33. The molecule has 1 unspecified atom stereocenters. The van der Waals surface area contributed by atoms with Gasteiger partial charge in [-0.3, -0.25) is 4.98 Å².